The number of phenolic OH excluding ortho intramolecular Hbond substituents is 1. The second kappa shape index (κ2) is 11.7. The maximum absolute atomic E-state index is 14.0. The number of likely N-dealkylation sites (N-methyl/N-ethyl adjacent to an activating group) is 1. The molecule has 4 aliphatic rings. The van der Waals surface area contributed by atoms with Crippen LogP contribution >= 0.6 is 0 Å². The Kier molecular flexibility index (Phi) is 8.54. The van der Waals surface area contributed by atoms with E-state index in [0.29, 0.717) is 23.4 Å². The fraction of sp³-hybridized carbons (Fsp3) is 0.656. The molecule has 4 N–H and O–H groups in total. The van der Waals surface area contributed by atoms with Crippen molar-refractivity contribution in [3.8, 4) is 11.5 Å². The number of carbonyl (C=O) groups excluding carboxylic acids is 5. The van der Waals surface area contributed by atoms with E-state index >= 15 is 0 Å². The first kappa shape index (κ1) is 31.3. The van der Waals surface area contributed by atoms with E-state index < -0.39 is 64.4 Å². The molecule has 11 heteroatoms. The summed E-state index contributed by atoms with van der Waals surface area (Å²) in [6.45, 7) is 1.37. The molecule has 0 bridgehead atoms. The summed E-state index contributed by atoms with van der Waals surface area (Å²) < 4.78 is 5.82. The van der Waals surface area contributed by atoms with Crippen molar-refractivity contribution in [2.75, 3.05) is 34.8 Å². The average Bonchev–Trinajstić information content (AvgIpc) is 2.94. The van der Waals surface area contributed by atoms with E-state index in [9.17, 15) is 34.2 Å². The summed E-state index contributed by atoms with van der Waals surface area (Å²) in [6.07, 6.45) is 7.63. The van der Waals surface area contributed by atoms with Gasteiger partial charge >= 0.3 is 0 Å². The molecule has 234 valence electrons. The first-order valence-corrected chi connectivity index (χ1v) is 15.3. The lowest BCUT2D eigenvalue weighted by atomic mass is 9.52. The number of phenols is 1. The van der Waals surface area contributed by atoms with E-state index in [-0.39, 0.29) is 24.2 Å². The highest BCUT2D eigenvalue weighted by molar-refractivity contribution is 6.32. The molecule has 43 heavy (non-hydrogen) atoms. The highest BCUT2D eigenvalue weighted by Gasteiger charge is 2.69. The molecule has 1 aromatic rings. The van der Waals surface area contributed by atoms with Crippen LogP contribution in [0, 0.1) is 29.6 Å². The van der Waals surface area contributed by atoms with Crippen LogP contribution in [0.1, 0.15) is 66.4 Å². The zero-order valence-corrected chi connectivity index (χ0v) is 25.4. The van der Waals surface area contributed by atoms with Gasteiger partial charge in [0.25, 0.3) is 0 Å². The number of Topliss-reactive ketones (excluding diaryl/α,β-unsaturated/α-hetero) is 4. The molecule has 3 saturated carbocycles. The molecule has 0 heterocycles. The topological polar surface area (TPSA) is 168 Å². The van der Waals surface area contributed by atoms with Crippen molar-refractivity contribution >= 4 is 29.0 Å². The van der Waals surface area contributed by atoms with Gasteiger partial charge in [-0.2, -0.15) is 0 Å². The third-order valence-corrected chi connectivity index (χ3v) is 10.4. The van der Waals surface area contributed by atoms with Crippen molar-refractivity contribution in [2.45, 2.75) is 69.6 Å². The number of fused-ring (bicyclic) bond motifs is 3. The number of primary amides is 1. The van der Waals surface area contributed by atoms with Gasteiger partial charge < -0.3 is 25.6 Å². The Labute approximate surface area is 251 Å². The van der Waals surface area contributed by atoms with E-state index in [1.54, 1.807) is 14.1 Å². The summed E-state index contributed by atoms with van der Waals surface area (Å²) in [7, 11) is 6.64. The Morgan fingerprint density at radius 3 is 2.37 bits per heavy atom. The molecule has 4 aliphatic carbocycles. The van der Waals surface area contributed by atoms with Gasteiger partial charge in [-0.05, 0) is 64.9 Å². The molecule has 0 aromatic heterocycles. The van der Waals surface area contributed by atoms with Crippen LogP contribution in [0.3, 0.4) is 0 Å². The summed E-state index contributed by atoms with van der Waals surface area (Å²) in [4.78, 5) is 70.4. The Balaban J connectivity index is 1.48. The number of hydrogen-bond donors (Lipinski definition) is 3. The van der Waals surface area contributed by atoms with Crippen LogP contribution in [-0.4, -0.2) is 95.5 Å². The molecule has 3 fully saturated rings. The van der Waals surface area contributed by atoms with Gasteiger partial charge in [0.05, 0.1) is 24.6 Å². The van der Waals surface area contributed by atoms with Gasteiger partial charge in [0.1, 0.15) is 11.5 Å². The number of ketones is 4. The van der Waals surface area contributed by atoms with E-state index in [2.05, 4.69) is 4.90 Å². The predicted molar refractivity (Wildman–Crippen MR) is 155 cm³/mol. The molecule has 1 aromatic carbocycles. The van der Waals surface area contributed by atoms with Gasteiger partial charge in [0, 0.05) is 23.6 Å². The summed E-state index contributed by atoms with van der Waals surface area (Å²) >= 11 is 0. The van der Waals surface area contributed by atoms with E-state index in [1.165, 1.54) is 50.2 Å². The zero-order chi connectivity index (χ0) is 31.4. The van der Waals surface area contributed by atoms with Crippen LogP contribution < -0.4 is 10.5 Å². The smallest absolute Gasteiger partial charge is 0.235 e. The fourth-order valence-electron chi connectivity index (χ4n) is 8.34. The third kappa shape index (κ3) is 5.09. The van der Waals surface area contributed by atoms with Crippen molar-refractivity contribution in [3.63, 3.8) is 0 Å². The molecule has 0 saturated heterocycles. The number of aromatic hydroxyl groups is 1. The van der Waals surface area contributed by atoms with Crippen molar-refractivity contribution in [1.29, 1.82) is 0 Å². The second-order valence-electron chi connectivity index (χ2n) is 13.3. The highest BCUT2D eigenvalue weighted by atomic mass is 16.5. The monoisotopic (exact) mass is 597 g/mol. The lowest BCUT2D eigenvalue weighted by Crippen LogP contribution is -2.74. The standard InChI is InChI=1S/C32H43N3O8/c1-34(2)25-20-13-17-12-19-23(26(37)22(17)29(39)32(20,42)30(40)24(27(25)38)31(33)41)21(36)14-18(28(19)43-4)15-35(3)11-10-16-8-6-5-7-9-16/h14,16-17,20,22,24-25,36,42H,5-13,15H2,1-4H3,(H2,33,41)/t17-,20-,22?,24?,25-,32-/m0/s1. The minimum atomic E-state index is -2.74. The Morgan fingerprint density at radius 2 is 1.77 bits per heavy atom. The van der Waals surface area contributed by atoms with Crippen LogP contribution in [0.2, 0.25) is 0 Å². The van der Waals surface area contributed by atoms with E-state index in [1.807, 2.05) is 7.05 Å². The fourth-order valence-corrected chi connectivity index (χ4v) is 8.34. The normalized spacial score (nSPS) is 31.2. The largest absolute Gasteiger partial charge is 0.507 e. The number of amides is 1. The SMILES string of the molecule is COc1c(CN(C)CCC2CCCCC2)cc(O)c2c1C[C@H]1C[C@H]3[C@H](N(C)C)C(=O)C(C(N)=O)C(=O)[C@@]3(O)C(=O)C1C2=O. The molecule has 2 unspecified atom stereocenters. The Morgan fingerprint density at radius 1 is 1.09 bits per heavy atom. The van der Waals surface area contributed by atoms with Crippen molar-refractivity contribution in [3.05, 3.63) is 22.8 Å². The molecular formula is C32H43N3O8. The summed E-state index contributed by atoms with van der Waals surface area (Å²) in [5.74, 6) is -9.40. The number of ether oxygens (including phenoxy) is 1. The molecule has 11 nitrogen and oxygen atoms in total. The zero-order valence-electron chi connectivity index (χ0n) is 25.4. The number of aliphatic hydroxyl groups is 1. The van der Waals surface area contributed by atoms with Crippen molar-refractivity contribution in [2.24, 2.45) is 35.3 Å². The van der Waals surface area contributed by atoms with Gasteiger partial charge in [0.2, 0.25) is 5.91 Å². The highest BCUT2D eigenvalue weighted by Crippen LogP contribution is 2.52. The van der Waals surface area contributed by atoms with Gasteiger partial charge in [-0.25, -0.2) is 0 Å². The number of hydrogen-bond acceptors (Lipinski definition) is 10. The maximum atomic E-state index is 14.0. The molecule has 1 amide bonds. The lowest BCUT2D eigenvalue weighted by Gasteiger charge is -2.52. The molecule has 0 spiro atoms. The minimum absolute atomic E-state index is 0.000664. The average molecular weight is 598 g/mol. The summed E-state index contributed by atoms with van der Waals surface area (Å²) in [6, 6.07) is 0.356. The van der Waals surface area contributed by atoms with Gasteiger partial charge in [0.15, 0.2) is 34.7 Å². The first-order valence-electron chi connectivity index (χ1n) is 15.3. The predicted octanol–water partition coefficient (Wildman–Crippen LogP) is 1.28. The number of methoxy groups -OCH3 is 1. The number of carbonyl (C=O) groups is 5. The lowest BCUT2D eigenvalue weighted by molar-refractivity contribution is -0.181. The maximum Gasteiger partial charge on any atom is 0.235 e. The van der Waals surface area contributed by atoms with E-state index in [0.717, 1.165) is 18.9 Å². The van der Waals surface area contributed by atoms with E-state index in [4.69, 9.17) is 10.5 Å². The van der Waals surface area contributed by atoms with Crippen LogP contribution in [-0.2, 0) is 32.1 Å². The van der Waals surface area contributed by atoms with Crippen molar-refractivity contribution < 1.29 is 38.9 Å². The number of benzene rings is 1. The molecule has 0 aliphatic heterocycles. The number of rotatable bonds is 8. The van der Waals surface area contributed by atoms with Crippen LogP contribution in [0.25, 0.3) is 0 Å². The Bertz CT molecular complexity index is 1350. The molecule has 0 radical (unpaired) electrons. The first-order chi connectivity index (χ1) is 20.3. The summed E-state index contributed by atoms with van der Waals surface area (Å²) in [5.41, 5.74) is 3.78. The molecule has 6 atom stereocenters. The van der Waals surface area contributed by atoms with Gasteiger partial charge in [-0.1, -0.05) is 32.1 Å². The number of nitrogens with two attached hydrogens (primary N) is 1. The van der Waals surface area contributed by atoms with Crippen LogP contribution in [0.5, 0.6) is 11.5 Å². The van der Waals surface area contributed by atoms with Crippen molar-refractivity contribution in [1.82, 2.24) is 9.80 Å². The van der Waals surface area contributed by atoms with Crippen LogP contribution in [0.15, 0.2) is 6.07 Å². The van der Waals surface area contributed by atoms with Crippen LogP contribution in [0.4, 0.5) is 0 Å². The molecule has 5 rings (SSSR count). The van der Waals surface area contributed by atoms with Gasteiger partial charge in [-0.3, -0.25) is 28.9 Å². The summed E-state index contributed by atoms with van der Waals surface area (Å²) in [5, 5.41) is 22.8. The Hall–Kier alpha value is -3.15. The molecular weight excluding hydrogens is 554 g/mol. The third-order valence-electron chi connectivity index (χ3n) is 10.4. The quantitative estimate of drug-likeness (QED) is 0.371. The van der Waals surface area contributed by atoms with Gasteiger partial charge in [-0.15, -0.1) is 0 Å². The number of nitrogens with zero attached hydrogens (tertiary/aromatic N) is 2. The second-order valence-corrected chi connectivity index (χ2v) is 13.3. The minimum Gasteiger partial charge on any atom is -0.507 e.